The van der Waals surface area contributed by atoms with Crippen molar-refractivity contribution in [3.8, 4) is 0 Å². The highest BCUT2D eigenvalue weighted by Crippen LogP contribution is 2.26. The molecule has 0 bridgehead atoms. The summed E-state index contributed by atoms with van der Waals surface area (Å²) in [5, 5.41) is 7.25. The molecule has 1 aromatic heterocycles. The highest BCUT2D eigenvalue weighted by Gasteiger charge is 2.29. The number of rotatable bonds is 4. The van der Waals surface area contributed by atoms with Crippen LogP contribution in [0.3, 0.4) is 0 Å². The zero-order valence-electron chi connectivity index (χ0n) is 12.6. The van der Waals surface area contributed by atoms with E-state index in [0.29, 0.717) is 10.7 Å². The van der Waals surface area contributed by atoms with Crippen LogP contribution in [0, 0.1) is 10.7 Å². The smallest absolute Gasteiger partial charge is 0.225 e. The van der Waals surface area contributed by atoms with E-state index in [4.69, 9.17) is 12.2 Å². The van der Waals surface area contributed by atoms with Gasteiger partial charge in [0.15, 0.2) is 4.77 Å². The van der Waals surface area contributed by atoms with Crippen LogP contribution in [0.4, 0.5) is 0 Å². The van der Waals surface area contributed by atoms with Crippen LogP contribution in [-0.4, -0.2) is 38.7 Å². The van der Waals surface area contributed by atoms with E-state index < -0.39 is 0 Å². The number of amides is 1. The molecule has 1 aliphatic heterocycles. The highest BCUT2D eigenvalue weighted by atomic mass is 32.1. The first-order chi connectivity index (χ1) is 9.58. The first-order valence-electron chi connectivity index (χ1n) is 7.52. The fourth-order valence-corrected chi connectivity index (χ4v) is 3.09. The summed E-state index contributed by atoms with van der Waals surface area (Å²) < 4.78 is 2.71. The number of likely N-dealkylation sites (tertiary alicyclic amines) is 1. The summed E-state index contributed by atoms with van der Waals surface area (Å²) in [6.45, 7) is 8.60. The van der Waals surface area contributed by atoms with E-state index >= 15 is 0 Å². The monoisotopic (exact) mass is 296 g/mol. The molecular formula is C14H24N4OS. The van der Waals surface area contributed by atoms with Gasteiger partial charge in [-0.2, -0.15) is 5.10 Å². The molecule has 0 aromatic carbocycles. The van der Waals surface area contributed by atoms with Gasteiger partial charge in [-0.05, 0) is 38.4 Å². The molecule has 1 saturated heterocycles. The fourth-order valence-electron chi connectivity index (χ4n) is 2.82. The number of aromatic amines is 1. The molecule has 2 rings (SSSR count). The van der Waals surface area contributed by atoms with Crippen LogP contribution < -0.4 is 0 Å². The Morgan fingerprint density at radius 3 is 2.95 bits per heavy atom. The van der Waals surface area contributed by atoms with Crippen molar-refractivity contribution < 1.29 is 4.79 Å². The van der Waals surface area contributed by atoms with Crippen molar-refractivity contribution in [2.24, 2.45) is 5.92 Å². The lowest BCUT2D eigenvalue weighted by Crippen LogP contribution is -2.42. The SMILES string of the molecule is CC[C@H](C)C(=O)N1CCC[C@H](c2n[nH]c(=S)n2CC)C1. The van der Waals surface area contributed by atoms with Gasteiger partial charge >= 0.3 is 0 Å². The van der Waals surface area contributed by atoms with Crippen molar-refractivity contribution in [2.45, 2.75) is 52.5 Å². The largest absolute Gasteiger partial charge is 0.342 e. The molecule has 1 amide bonds. The van der Waals surface area contributed by atoms with E-state index in [-0.39, 0.29) is 11.8 Å². The maximum absolute atomic E-state index is 12.3. The van der Waals surface area contributed by atoms with Crippen LogP contribution in [0.2, 0.25) is 0 Å². The second kappa shape index (κ2) is 6.52. The number of nitrogens with zero attached hydrogens (tertiary/aromatic N) is 3. The zero-order valence-corrected chi connectivity index (χ0v) is 13.4. The molecule has 1 fully saturated rings. The Hall–Kier alpha value is -1.17. The van der Waals surface area contributed by atoms with Crippen molar-refractivity contribution in [1.29, 1.82) is 0 Å². The van der Waals surface area contributed by atoms with Gasteiger partial charge in [0.1, 0.15) is 5.82 Å². The molecule has 1 aliphatic rings. The van der Waals surface area contributed by atoms with Gasteiger partial charge < -0.3 is 9.47 Å². The van der Waals surface area contributed by atoms with Gasteiger partial charge in [-0.15, -0.1) is 0 Å². The average Bonchev–Trinajstić information content (AvgIpc) is 2.86. The van der Waals surface area contributed by atoms with Crippen molar-refractivity contribution in [3.05, 3.63) is 10.6 Å². The second-order valence-corrected chi connectivity index (χ2v) is 5.95. The molecule has 6 heteroatoms. The van der Waals surface area contributed by atoms with Gasteiger partial charge in [0, 0.05) is 31.5 Å². The zero-order chi connectivity index (χ0) is 14.7. The van der Waals surface area contributed by atoms with Crippen molar-refractivity contribution in [1.82, 2.24) is 19.7 Å². The molecule has 5 nitrogen and oxygen atoms in total. The molecule has 20 heavy (non-hydrogen) atoms. The summed E-state index contributed by atoms with van der Waals surface area (Å²) in [5.74, 6) is 1.68. The van der Waals surface area contributed by atoms with E-state index in [1.54, 1.807) is 0 Å². The molecule has 2 heterocycles. The topological polar surface area (TPSA) is 53.9 Å². The molecule has 0 spiro atoms. The average molecular weight is 296 g/mol. The van der Waals surface area contributed by atoms with Crippen LogP contribution >= 0.6 is 12.2 Å². The summed E-state index contributed by atoms with van der Waals surface area (Å²) in [6.07, 6.45) is 3.01. The molecule has 2 atom stereocenters. The normalized spacial score (nSPS) is 20.9. The Balaban J connectivity index is 2.14. The lowest BCUT2D eigenvalue weighted by Gasteiger charge is -2.33. The fraction of sp³-hybridized carbons (Fsp3) is 0.786. The minimum Gasteiger partial charge on any atom is -0.342 e. The molecule has 0 saturated carbocycles. The minimum absolute atomic E-state index is 0.112. The summed E-state index contributed by atoms with van der Waals surface area (Å²) in [4.78, 5) is 14.3. The van der Waals surface area contributed by atoms with Crippen molar-refractivity contribution in [3.63, 3.8) is 0 Å². The number of hydrogen-bond donors (Lipinski definition) is 1. The molecule has 1 aromatic rings. The number of carbonyl (C=O) groups excluding carboxylic acids is 1. The third kappa shape index (κ3) is 2.95. The lowest BCUT2D eigenvalue weighted by molar-refractivity contribution is -0.136. The van der Waals surface area contributed by atoms with E-state index in [1.165, 1.54) is 0 Å². The number of H-pyrrole nitrogens is 1. The Morgan fingerprint density at radius 2 is 2.30 bits per heavy atom. The number of nitrogens with one attached hydrogen (secondary N) is 1. The van der Waals surface area contributed by atoms with Crippen LogP contribution in [0.1, 0.15) is 51.8 Å². The first kappa shape index (κ1) is 15.2. The molecule has 0 unspecified atom stereocenters. The van der Waals surface area contributed by atoms with Crippen LogP contribution in [0.15, 0.2) is 0 Å². The van der Waals surface area contributed by atoms with Gasteiger partial charge in [-0.1, -0.05) is 13.8 Å². The standard InChI is InChI=1S/C14H24N4OS/c1-4-10(3)13(19)17-8-6-7-11(9-17)12-15-16-14(20)18(12)5-2/h10-11H,4-9H2,1-3H3,(H,16,20)/t10-,11-/m0/s1. The number of hydrogen-bond acceptors (Lipinski definition) is 3. The van der Waals surface area contributed by atoms with Crippen molar-refractivity contribution >= 4 is 18.1 Å². The lowest BCUT2D eigenvalue weighted by atomic mass is 9.95. The third-order valence-electron chi connectivity index (χ3n) is 4.24. The van der Waals surface area contributed by atoms with Crippen LogP contribution in [-0.2, 0) is 11.3 Å². The Labute approximate surface area is 125 Å². The predicted octanol–water partition coefficient (Wildman–Crippen LogP) is 2.71. The second-order valence-electron chi connectivity index (χ2n) is 5.56. The Kier molecular flexibility index (Phi) is 4.96. The predicted molar refractivity (Wildman–Crippen MR) is 81.1 cm³/mol. The molecule has 1 N–H and O–H groups in total. The third-order valence-corrected chi connectivity index (χ3v) is 4.55. The van der Waals surface area contributed by atoms with Gasteiger partial charge in [0.2, 0.25) is 5.91 Å². The first-order valence-corrected chi connectivity index (χ1v) is 7.93. The summed E-state index contributed by atoms with van der Waals surface area (Å²) in [7, 11) is 0. The van der Waals surface area contributed by atoms with Crippen LogP contribution in [0.5, 0.6) is 0 Å². The highest BCUT2D eigenvalue weighted by molar-refractivity contribution is 7.71. The molecular weight excluding hydrogens is 272 g/mol. The molecule has 112 valence electrons. The number of aromatic nitrogens is 3. The van der Waals surface area contributed by atoms with E-state index in [0.717, 1.165) is 44.7 Å². The van der Waals surface area contributed by atoms with Gasteiger partial charge in [-0.3, -0.25) is 9.89 Å². The van der Waals surface area contributed by atoms with E-state index in [2.05, 4.69) is 24.0 Å². The van der Waals surface area contributed by atoms with E-state index in [1.807, 2.05) is 16.4 Å². The summed E-state index contributed by atoms with van der Waals surface area (Å²) in [5.41, 5.74) is 0. The van der Waals surface area contributed by atoms with Gasteiger partial charge in [0.05, 0.1) is 0 Å². The van der Waals surface area contributed by atoms with Crippen molar-refractivity contribution in [2.75, 3.05) is 13.1 Å². The molecule has 0 aliphatic carbocycles. The summed E-state index contributed by atoms with van der Waals surface area (Å²) in [6, 6.07) is 0. The Morgan fingerprint density at radius 1 is 1.55 bits per heavy atom. The summed E-state index contributed by atoms with van der Waals surface area (Å²) >= 11 is 5.25. The van der Waals surface area contributed by atoms with E-state index in [9.17, 15) is 4.79 Å². The molecule has 0 radical (unpaired) electrons. The maximum Gasteiger partial charge on any atom is 0.225 e. The quantitative estimate of drug-likeness (QED) is 0.869. The van der Waals surface area contributed by atoms with Gasteiger partial charge in [0.25, 0.3) is 0 Å². The number of piperidine rings is 1. The minimum atomic E-state index is 0.112. The maximum atomic E-state index is 12.3. The van der Waals surface area contributed by atoms with Crippen LogP contribution in [0.25, 0.3) is 0 Å². The Bertz CT molecular complexity index is 521. The van der Waals surface area contributed by atoms with Gasteiger partial charge in [-0.25, -0.2) is 0 Å². The number of carbonyl (C=O) groups is 1.